The summed E-state index contributed by atoms with van der Waals surface area (Å²) in [6.07, 6.45) is 3.01. The number of hydrogen-bond acceptors (Lipinski definition) is 6. The van der Waals surface area contributed by atoms with E-state index in [1.54, 1.807) is 11.8 Å². The molecule has 0 bridgehead atoms. The first-order valence-corrected chi connectivity index (χ1v) is 10.4. The maximum absolute atomic E-state index is 12.5. The third kappa shape index (κ3) is 4.96. The highest BCUT2D eigenvalue weighted by Crippen LogP contribution is 2.31. The number of hydrogen-bond donors (Lipinski definition) is 1. The number of nitrogens with one attached hydrogen (secondary N) is 1. The number of para-hydroxylation sites is 1. The molecule has 2 atom stereocenters. The highest BCUT2D eigenvalue weighted by molar-refractivity contribution is 8.03. The third-order valence-electron chi connectivity index (χ3n) is 3.57. The third-order valence-corrected chi connectivity index (χ3v) is 6.65. The van der Waals surface area contributed by atoms with Crippen LogP contribution < -0.4 is 5.32 Å². The largest absolute Gasteiger partial charge is 0.325 e. The Morgan fingerprint density at radius 1 is 1.26 bits per heavy atom. The number of benzene rings is 1. The average molecular weight is 368 g/mol. The Bertz CT molecular complexity index is 660. The van der Waals surface area contributed by atoms with E-state index in [1.165, 1.54) is 28.7 Å². The summed E-state index contributed by atoms with van der Waals surface area (Å²) in [7, 11) is 0. The van der Waals surface area contributed by atoms with E-state index >= 15 is 0 Å². The molecule has 0 aliphatic rings. The van der Waals surface area contributed by atoms with E-state index < -0.39 is 0 Å². The van der Waals surface area contributed by atoms with Gasteiger partial charge in [0.1, 0.15) is 0 Å². The minimum Gasteiger partial charge on any atom is -0.325 e. The molecule has 0 fully saturated rings. The van der Waals surface area contributed by atoms with Crippen LogP contribution in [-0.4, -0.2) is 27.6 Å². The summed E-state index contributed by atoms with van der Waals surface area (Å²) < 4.78 is 1.74. The van der Waals surface area contributed by atoms with Crippen LogP contribution in [0.5, 0.6) is 0 Å². The monoisotopic (exact) mass is 367 g/mol. The summed E-state index contributed by atoms with van der Waals surface area (Å²) in [4.78, 5) is 12.5. The van der Waals surface area contributed by atoms with Gasteiger partial charge >= 0.3 is 0 Å². The van der Waals surface area contributed by atoms with Gasteiger partial charge < -0.3 is 5.32 Å². The Morgan fingerprint density at radius 3 is 2.61 bits per heavy atom. The number of amides is 1. The number of thioether (sulfide) groups is 2. The van der Waals surface area contributed by atoms with Gasteiger partial charge in [-0.3, -0.25) is 4.79 Å². The Morgan fingerprint density at radius 2 is 1.96 bits per heavy atom. The van der Waals surface area contributed by atoms with Crippen molar-refractivity contribution in [2.75, 3.05) is 11.6 Å². The molecule has 1 aromatic carbocycles. The first-order chi connectivity index (χ1) is 11.0. The van der Waals surface area contributed by atoms with Crippen molar-refractivity contribution in [1.29, 1.82) is 0 Å². The number of carbonyl (C=O) groups excluding carboxylic acids is 1. The zero-order valence-electron chi connectivity index (χ0n) is 13.7. The lowest BCUT2D eigenvalue weighted by Gasteiger charge is -2.17. The summed E-state index contributed by atoms with van der Waals surface area (Å²) in [5, 5.41) is 11.0. The molecule has 0 saturated heterocycles. The fourth-order valence-corrected chi connectivity index (χ4v) is 4.61. The van der Waals surface area contributed by atoms with E-state index in [1.807, 2.05) is 31.4 Å². The van der Waals surface area contributed by atoms with E-state index in [9.17, 15) is 4.79 Å². The van der Waals surface area contributed by atoms with Gasteiger partial charge in [0.05, 0.1) is 5.25 Å². The van der Waals surface area contributed by atoms with Gasteiger partial charge in [0.2, 0.25) is 5.91 Å². The van der Waals surface area contributed by atoms with Crippen LogP contribution in [0.15, 0.2) is 32.9 Å². The zero-order chi connectivity index (χ0) is 16.8. The molecule has 124 valence electrons. The second-order valence-electron chi connectivity index (χ2n) is 5.18. The lowest BCUT2D eigenvalue weighted by molar-refractivity contribution is -0.115. The molecular weight excluding hydrogens is 346 g/mol. The standard InChI is InChI=1S/C16H21N3OS3/c1-5-10(2)12-8-6-7-9-13(12)17-14(20)11(3)22-16-19-18-15(21-4)23-16/h6-11H,5H2,1-4H3,(H,17,20). The predicted molar refractivity (Wildman–Crippen MR) is 101 cm³/mol. The molecule has 1 amide bonds. The van der Waals surface area contributed by atoms with Gasteiger partial charge in [-0.1, -0.05) is 66.9 Å². The van der Waals surface area contributed by atoms with Crippen LogP contribution in [0.1, 0.15) is 38.7 Å². The van der Waals surface area contributed by atoms with Crippen LogP contribution in [0, 0.1) is 0 Å². The van der Waals surface area contributed by atoms with Gasteiger partial charge in [0, 0.05) is 5.69 Å². The predicted octanol–water partition coefficient (Wildman–Crippen LogP) is 4.89. The molecule has 2 rings (SSSR count). The van der Waals surface area contributed by atoms with Crippen molar-refractivity contribution >= 4 is 46.5 Å². The van der Waals surface area contributed by atoms with E-state index in [0.717, 1.165) is 20.8 Å². The SMILES string of the molecule is CCC(C)c1ccccc1NC(=O)C(C)Sc1nnc(SC)s1. The molecule has 0 radical (unpaired) electrons. The molecule has 23 heavy (non-hydrogen) atoms. The minimum atomic E-state index is -0.220. The van der Waals surface area contributed by atoms with Crippen molar-refractivity contribution in [2.45, 2.75) is 47.0 Å². The fourth-order valence-electron chi connectivity index (χ4n) is 2.03. The molecule has 0 aliphatic heterocycles. The highest BCUT2D eigenvalue weighted by Gasteiger charge is 2.19. The zero-order valence-corrected chi connectivity index (χ0v) is 16.1. The average Bonchev–Trinajstić information content (AvgIpc) is 3.02. The Labute approximate surface area is 149 Å². The van der Waals surface area contributed by atoms with Crippen molar-refractivity contribution < 1.29 is 4.79 Å². The van der Waals surface area contributed by atoms with Crippen LogP contribution in [-0.2, 0) is 4.79 Å². The summed E-state index contributed by atoms with van der Waals surface area (Å²) >= 11 is 4.53. The number of carbonyl (C=O) groups is 1. The topological polar surface area (TPSA) is 54.9 Å². The molecule has 1 aromatic heterocycles. The van der Waals surface area contributed by atoms with E-state index in [0.29, 0.717) is 5.92 Å². The molecular formula is C16H21N3OS3. The highest BCUT2D eigenvalue weighted by atomic mass is 32.2. The van der Waals surface area contributed by atoms with Crippen molar-refractivity contribution in [3.63, 3.8) is 0 Å². The lowest BCUT2D eigenvalue weighted by atomic mass is 9.97. The van der Waals surface area contributed by atoms with E-state index in [2.05, 4.69) is 35.4 Å². The van der Waals surface area contributed by atoms with Gasteiger partial charge in [-0.15, -0.1) is 10.2 Å². The summed E-state index contributed by atoms with van der Waals surface area (Å²) in [6.45, 7) is 6.22. The number of rotatable bonds is 7. The maximum Gasteiger partial charge on any atom is 0.237 e. The van der Waals surface area contributed by atoms with Gasteiger partial charge in [-0.05, 0) is 37.1 Å². The quantitative estimate of drug-likeness (QED) is 0.706. The number of nitrogens with zero attached hydrogens (tertiary/aromatic N) is 2. The second kappa shape index (κ2) is 8.70. The summed E-state index contributed by atoms with van der Waals surface area (Å²) in [6, 6.07) is 8.01. The van der Waals surface area contributed by atoms with Crippen molar-refractivity contribution in [2.24, 2.45) is 0 Å². The van der Waals surface area contributed by atoms with Crippen LogP contribution in [0.4, 0.5) is 5.69 Å². The molecule has 2 unspecified atom stereocenters. The van der Waals surface area contributed by atoms with Crippen LogP contribution in [0.25, 0.3) is 0 Å². The smallest absolute Gasteiger partial charge is 0.237 e. The van der Waals surface area contributed by atoms with Crippen molar-refractivity contribution in [3.05, 3.63) is 29.8 Å². The molecule has 0 aliphatic carbocycles. The minimum absolute atomic E-state index is 0.00773. The van der Waals surface area contributed by atoms with Crippen molar-refractivity contribution in [3.8, 4) is 0 Å². The van der Waals surface area contributed by atoms with Crippen LogP contribution in [0.3, 0.4) is 0 Å². The first kappa shape index (κ1) is 18.3. The van der Waals surface area contributed by atoms with Crippen molar-refractivity contribution in [1.82, 2.24) is 10.2 Å². The van der Waals surface area contributed by atoms with Gasteiger partial charge in [-0.2, -0.15) is 0 Å². The molecule has 1 N–H and O–H groups in total. The molecule has 0 saturated carbocycles. The number of aromatic nitrogens is 2. The van der Waals surface area contributed by atoms with Gasteiger partial charge in [-0.25, -0.2) is 0 Å². The Balaban J connectivity index is 2.03. The van der Waals surface area contributed by atoms with Crippen LogP contribution in [0.2, 0.25) is 0 Å². The molecule has 7 heteroatoms. The molecule has 4 nitrogen and oxygen atoms in total. The van der Waals surface area contributed by atoms with E-state index in [4.69, 9.17) is 0 Å². The molecule has 0 spiro atoms. The van der Waals surface area contributed by atoms with Gasteiger partial charge in [0.15, 0.2) is 8.68 Å². The molecule has 2 aromatic rings. The van der Waals surface area contributed by atoms with Gasteiger partial charge in [0.25, 0.3) is 0 Å². The molecule has 1 heterocycles. The second-order valence-corrected chi connectivity index (χ2v) is 8.80. The normalized spacial score (nSPS) is 13.6. The fraction of sp³-hybridized carbons (Fsp3) is 0.438. The summed E-state index contributed by atoms with van der Waals surface area (Å²) in [5.74, 6) is 0.411. The Kier molecular flexibility index (Phi) is 6.92. The number of anilines is 1. The summed E-state index contributed by atoms with van der Waals surface area (Å²) in [5.41, 5.74) is 2.09. The Hall–Kier alpha value is -1.05. The van der Waals surface area contributed by atoms with E-state index in [-0.39, 0.29) is 11.2 Å². The first-order valence-electron chi connectivity index (χ1n) is 7.49. The maximum atomic E-state index is 12.5. The van der Waals surface area contributed by atoms with Crippen LogP contribution >= 0.6 is 34.9 Å². The lowest BCUT2D eigenvalue weighted by Crippen LogP contribution is -2.23.